The van der Waals surface area contributed by atoms with E-state index in [1.165, 1.54) is 11.1 Å². The number of halogens is 1. The van der Waals surface area contributed by atoms with Crippen LogP contribution in [0.5, 0.6) is 0 Å². The number of carbonyl (C=O) groups excluding carboxylic acids is 1. The monoisotopic (exact) mass is 559 g/mol. The van der Waals surface area contributed by atoms with Gasteiger partial charge in [-0.1, -0.05) is 50.6 Å². The number of likely N-dealkylation sites (tertiary alicyclic amines) is 1. The SMILES string of the molecule is CC(C)(C)c1ccc(Cl)c2c(=O)nc3n(c12)-c1ccc(C2CCN(C(=O)C45CC(CO)(C4)C5)CC2)cc1C3(C)C. The molecule has 8 rings (SSSR count). The molecular weight excluding hydrogens is 522 g/mol. The van der Waals surface area contributed by atoms with Gasteiger partial charge >= 0.3 is 0 Å². The highest BCUT2D eigenvalue weighted by Gasteiger charge is 2.71. The minimum absolute atomic E-state index is 0.0484. The van der Waals surface area contributed by atoms with Gasteiger partial charge in [0.2, 0.25) is 5.91 Å². The molecule has 1 N–H and O–H groups in total. The zero-order valence-corrected chi connectivity index (χ0v) is 24.9. The van der Waals surface area contributed by atoms with Crippen LogP contribution in [0, 0.1) is 10.8 Å². The highest BCUT2D eigenvalue weighted by Crippen LogP contribution is 2.73. The number of piperidine rings is 1. The standard InChI is InChI=1S/C33H38ClN3O3/c1-30(2,3)21-7-8-23(34)25-26(21)37-24-9-6-20(14-22(24)31(4,5)28(37)35-27(25)39)19-10-12-36(13-11-19)29(40)33-15-32(16-33,17-33)18-38/h6-9,14,19,38H,10-13,15-18H2,1-5H3. The summed E-state index contributed by atoms with van der Waals surface area (Å²) < 4.78 is 2.17. The van der Waals surface area contributed by atoms with Gasteiger partial charge in [-0.05, 0) is 91.5 Å². The van der Waals surface area contributed by atoms with Crippen molar-refractivity contribution in [1.29, 1.82) is 0 Å². The van der Waals surface area contributed by atoms with Crippen molar-refractivity contribution >= 4 is 28.4 Å². The molecule has 40 heavy (non-hydrogen) atoms. The molecule has 7 heteroatoms. The topological polar surface area (TPSA) is 75.4 Å². The summed E-state index contributed by atoms with van der Waals surface area (Å²) in [7, 11) is 0. The van der Waals surface area contributed by atoms with E-state index in [0.717, 1.165) is 67.8 Å². The van der Waals surface area contributed by atoms with Crippen molar-refractivity contribution in [3.63, 3.8) is 0 Å². The molecule has 0 unspecified atom stereocenters. The molecule has 3 aromatic rings. The van der Waals surface area contributed by atoms with Crippen LogP contribution in [-0.4, -0.2) is 45.2 Å². The van der Waals surface area contributed by atoms with Crippen LogP contribution < -0.4 is 5.56 Å². The van der Waals surface area contributed by atoms with Gasteiger partial charge in [0.1, 0.15) is 5.82 Å². The smallest absolute Gasteiger partial charge is 0.282 e. The molecule has 2 aromatic carbocycles. The number of nitrogens with zero attached hydrogens (tertiary/aromatic N) is 3. The molecule has 4 fully saturated rings. The van der Waals surface area contributed by atoms with Crippen molar-refractivity contribution in [3.8, 4) is 5.69 Å². The molecule has 2 bridgehead atoms. The molecule has 3 saturated carbocycles. The van der Waals surface area contributed by atoms with Crippen molar-refractivity contribution in [2.45, 2.75) is 83.5 Å². The highest BCUT2D eigenvalue weighted by atomic mass is 35.5. The van der Waals surface area contributed by atoms with Crippen LogP contribution in [0.3, 0.4) is 0 Å². The Morgan fingerprint density at radius 1 is 1.10 bits per heavy atom. The highest BCUT2D eigenvalue weighted by molar-refractivity contribution is 6.35. The summed E-state index contributed by atoms with van der Waals surface area (Å²) in [4.78, 5) is 33.3. The van der Waals surface area contributed by atoms with Gasteiger partial charge in [-0.15, -0.1) is 0 Å². The minimum atomic E-state index is -0.445. The van der Waals surface area contributed by atoms with Crippen molar-refractivity contribution in [2.24, 2.45) is 10.8 Å². The zero-order chi connectivity index (χ0) is 28.4. The molecule has 0 spiro atoms. The second-order valence-corrected chi connectivity index (χ2v) is 15.0. The van der Waals surface area contributed by atoms with E-state index in [-0.39, 0.29) is 28.4 Å². The first-order chi connectivity index (χ1) is 18.8. The molecule has 6 nitrogen and oxygen atoms in total. The molecular formula is C33H38ClN3O3. The summed E-state index contributed by atoms with van der Waals surface area (Å²) in [6.07, 6.45) is 4.49. The number of rotatable bonds is 3. The number of aliphatic hydroxyl groups is 1. The maximum atomic E-state index is 13.4. The third-order valence-electron chi connectivity index (χ3n) is 10.5. The van der Waals surface area contributed by atoms with Crippen LogP contribution in [0.1, 0.15) is 95.2 Å². The number of benzene rings is 2. The van der Waals surface area contributed by atoms with Gasteiger partial charge in [0.15, 0.2) is 0 Å². The van der Waals surface area contributed by atoms with Crippen LogP contribution >= 0.6 is 11.6 Å². The van der Waals surface area contributed by atoms with Gasteiger partial charge in [-0.25, -0.2) is 0 Å². The van der Waals surface area contributed by atoms with Crippen LogP contribution in [0.2, 0.25) is 5.02 Å². The number of aromatic nitrogens is 2. The van der Waals surface area contributed by atoms with Gasteiger partial charge in [0.05, 0.1) is 32.4 Å². The predicted octanol–water partition coefficient (Wildman–Crippen LogP) is 5.84. The summed E-state index contributed by atoms with van der Waals surface area (Å²) in [5.41, 5.74) is 4.42. The third-order valence-corrected chi connectivity index (χ3v) is 10.8. The molecule has 3 heterocycles. The maximum absolute atomic E-state index is 13.4. The summed E-state index contributed by atoms with van der Waals surface area (Å²) in [6, 6.07) is 10.6. The molecule has 210 valence electrons. The molecule has 2 aliphatic heterocycles. The van der Waals surface area contributed by atoms with E-state index in [9.17, 15) is 14.7 Å². The lowest BCUT2D eigenvalue weighted by Gasteiger charge is -2.69. The number of carbonyl (C=O) groups is 1. The lowest BCUT2D eigenvalue weighted by Crippen LogP contribution is -2.69. The Morgan fingerprint density at radius 2 is 1.77 bits per heavy atom. The van der Waals surface area contributed by atoms with E-state index in [2.05, 4.69) is 67.3 Å². The van der Waals surface area contributed by atoms with E-state index in [1.807, 2.05) is 12.1 Å². The normalized spacial score (nSPS) is 26.7. The van der Waals surface area contributed by atoms with Crippen LogP contribution in [-0.2, 0) is 15.6 Å². The fourth-order valence-electron chi connectivity index (χ4n) is 8.34. The summed E-state index contributed by atoms with van der Waals surface area (Å²) in [6.45, 7) is 12.6. The summed E-state index contributed by atoms with van der Waals surface area (Å²) in [5, 5.41) is 10.5. The Bertz CT molecular complexity index is 1640. The van der Waals surface area contributed by atoms with Crippen LogP contribution in [0.15, 0.2) is 35.1 Å². The first-order valence-corrected chi connectivity index (χ1v) is 15.0. The van der Waals surface area contributed by atoms with E-state index in [4.69, 9.17) is 11.6 Å². The average molecular weight is 560 g/mol. The minimum Gasteiger partial charge on any atom is -0.396 e. The molecule has 1 saturated heterocycles. The third kappa shape index (κ3) is 3.41. The fraction of sp³-hybridized carbons (Fsp3) is 0.545. The number of hydrogen-bond acceptors (Lipinski definition) is 4. The Hall–Kier alpha value is -2.70. The number of fused-ring (bicyclic) bond motifs is 5. The number of hydrogen-bond donors (Lipinski definition) is 1. The second kappa shape index (κ2) is 8.19. The first-order valence-electron chi connectivity index (χ1n) is 14.6. The van der Waals surface area contributed by atoms with Crippen molar-refractivity contribution in [2.75, 3.05) is 19.7 Å². The second-order valence-electron chi connectivity index (χ2n) is 14.6. The van der Waals surface area contributed by atoms with Crippen molar-refractivity contribution in [3.05, 3.63) is 68.2 Å². The molecule has 5 aliphatic rings. The summed E-state index contributed by atoms with van der Waals surface area (Å²) >= 11 is 6.61. The zero-order valence-electron chi connectivity index (χ0n) is 24.1. The van der Waals surface area contributed by atoms with E-state index in [1.54, 1.807) is 0 Å². The number of aliphatic hydroxyl groups excluding tert-OH is 1. The largest absolute Gasteiger partial charge is 0.396 e. The number of amides is 1. The fourth-order valence-corrected chi connectivity index (χ4v) is 8.57. The van der Waals surface area contributed by atoms with E-state index in [0.29, 0.717) is 22.2 Å². The lowest BCUT2D eigenvalue weighted by atomic mass is 9.35. The first kappa shape index (κ1) is 26.2. The Kier molecular flexibility index (Phi) is 5.37. The average Bonchev–Trinajstić information content (AvgIpc) is 3.08. The van der Waals surface area contributed by atoms with Gasteiger partial charge in [0, 0.05) is 19.7 Å². The lowest BCUT2D eigenvalue weighted by molar-refractivity contribution is -0.228. The molecule has 0 radical (unpaired) electrons. The predicted molar refractivity (Wildman–Crippen MR) is 158 cm³/mol. The molecule has 1 amide bonds. The molecule has 0 atom stereocenters. The van der Waals surface area contributed by atoms with Crippen molar-refractivity contribution < 1.29 is 9.90 Å². The van der Waals surface area contributed by atoms with Crippen molar-refractivity contribution in [1.82, 2.24) is 14.5 Å². The summed E-state index contributed by atoms with van der Waals surface area (Å²) in [5.74, 6) is 1.45. The van der Waals surface area contributed by atoms with Gasteiger partial charge in [-0.2, -0.15) is 4.98 Å². The van der Waals surface area contributed by atoms with E-state index < -0.39 is 5.41 Å². The molecule has 1 aromatic heterocycles. The van der Waals surface area contributed by atoms with Gasteiger partial charge in [0.25, 0.3) is 5.56 Å². The molecule has 3 aliphatic carbocycles. The Balaban J connectivity index is 1.22. The van der Waals surface area contributed by atoms with E-state index >= 15 is 0 Å². The maximum Gasteiger partial charge on any atom is 0.282 e. The quantitative estimate of drug-likeness (QED) is 0.437. The Labute approximate surface area is 240 Å². The van der Waals surface area contributed by atoms with Gasteiger partial charge in [-0.3, -0.25) is 14.2 Å². The Morgan fingerprint density at radius 3 is 2.40 bits per heavy atom. The van der Waals surface area contributed by atoms with Crippen LogP contribution in [0.4, 0.5) is 0 Å². The van der Waals surface area contributed by atoms with Crippen LogP contribution in [0.25, 0.3) is 16.6 Å². The van der Waals surface area contributed by atoms with Gasteiger partial charge < -0.3 is 10.0 Å².